The van der Waals surface area contributed by atoms with Gasteiger partial charge in [0.05, 0.1) is 0 Å². The van der Waals surface area contributed by atoms with E-state index < -0.39 is 0 Å². The smallest absolute Gasteiger partial charge is 0.137 e. The number of hydrogen-bond donors (Lipinski definition) is 1. The Bertz CT molecular complexity index is 1430. The summed E-state index contributed by atoms with van der Waals surface area (Å²) >= 11 is 0. The molecule has 7 rings (SSSR count). The fourth-order valence-electron chi connectivity index (χ4n) is 6.55. The van der Waals surface area contributed by atoms with Gasteiger partial charge in [-0.15, -0.1) is 0 Å². The molecule has 1 fully saturated rings. The van der Waals surface area contributed by atoms with E-state index in [-0.39, 0.29) is 5.41 Å². The molecule has 2 heteroatoms. The lowest BCUT2D eigenvalue weighted by atomic mass is 9.66. The SMILES string of the molecule is C1=CC2=C(CC1)c1c(Nc3ccc4c(c3)oc3ccccc34)cccc1C21CCCCC1. The van der Waals surface area contributed by atoms with Crippen molar-refractivity contribution < 1.29 is 4.42 Å². The predicted octanol–water partition coefficient (Wildman–Crippen LogP) is 8.65. The van der Waals surface area contributed by atoms with Gasteiger partial charge in [0.2, 0.25) is 0 Å². The second-order valence-corrected chi connectivity index (χ2v) is 9.64. The topological polar surface area (TPSA) is 25.2 Å². The van der Waals surface area contributed by atoms with E-state index >= 15 is 0 Å². The number of fused-ring (bicyclic) bond motifs is 7. The minimum Gasteiger partial charge on any atom is -0.456 e. The summed E-state index contributed by atoms with van der Waals surface area (Å²) in [5, 5.41) is 6.13. The molecule has 0 aliphatic heterocycles. The van der Waals surface area contributed by atoms with Crippen molar-refractivity contribution in [2.45, 2.75) is 50.4 Å². The number of benzene rings is 3. The van der Waals surface area contributed by atoms with Gasteiger partial charge in [-0.05, 0) is 66.7 Å². The van der Waals surface area contributed by atoms with Crippen LogP contribution in [0.25, 0.3) is 27.5 Å². The molecule has 3 aliphatic carbocycles. The summed E-state index contributed by atoms with van der Waals surface area (Å²) < 4.78 is 6.14. The zero-order chi connectivity index (χ0) is 21.1. The van der Waals surface area contributed by atoms with E-state index in [9.17, 15) is 0 Å². The number of rotatable bonds is 2. The van der Waals surface area contributed by atoms with Gasteiger partial charge in [0, 0.05) is 39.2 Å². The van der Waals surface area contributed by atoms with Crippen LogP contribution >= 0.6 is 0 Å². The summed E-state index contributed by atoms with van der Waals surface area (Å²) in [5.74, 6) is 0. The Morgan fingerprint density at radius 1 is 0.812 bits per heavy atom. The summed E-state index contributed by atoms with van der Waals surface area (Å²) in [4.78, 5) is 0. The normalized spacial score (nSPS) is 19.0. The van der Waals surface area contributed by atoms with Crippen molar-refractivity contribution in [2.75, 3.05) is 5.32 Å². The summed E-state index contributed by atoms with van der Waals surface area (Å²) in [6, 6.07) is 21.7. The second-order valence-electron chi connectivity index (χ2n) is 9.64. The lowest BCUT2D eigenvalue weighted by Gasteiger charge is -2.37. The Morgan fingerprint density at radius 2 is 1.69 bits per heavy atom. The number of hydrogen-bond acceptors (Lipinski definition) is 2. The first kappa shape index (κ1) is 18.3. The van der Waals surface area contributed by atoms with Crippen LogP contribution in [0.4, 0.5) is 11.4 Å². The van der Waals surface area contributed by atoms with Crippen LogP contribution in [0, 0.1) is 0 Å². The summed E-state index contributed by atoms with van der Waals surface area (Å²) in [6.45, 7) is 0. The molecule has 1 saturated carbocycles. The highest BCUT2D eigenvalue weighted by molar-refractivity contribution is 6.05. The van der Waals surface area contributed by atoms with E-state index in [1.54, 1.807) is 16.7 Å². The van der Waals surface area contributed by atoms with E-state index in [2.05, 4.69) is 66.0 Å². The first-order valence-corrected chi connectivity index (χ1v) is 12.1. The van der Waals surface area contributed by atoms with Crippen molar-refractivity contribution >= 4 is 38.9 Å². The van der Waals surface area contributed by atoms with Gasteiger partial charge in [0.25, 0.3) is 0 Å². The fourth-order valence-corrected chi connectivity index (χ4v) is 6.55. The number of furan rings is 1. The summed E-state index contributed by atoms with van der Waals surface area (Å²) in [7, 11) is 0. The molecule has 1 N–H and O–H groups in total. The van der Waals surface area contributed by atoms with Crippen molar-refractivity contribution in [3.05, 3.63) is 89.5 Å². The van der Waals surface area contributed by atoms with Crippen LogP contribution < -0.4 is 5.32 Å². The average molecular weight is 418 g/mol. The maximum Gasteiger partial charge on any atom is 0.137 e. The van der Waals surface area contributed by atoms with E-state index in [4.69, 9.17) is 4.42 Å². The van der Waals surface area contributed by atoms with Crippen molar-refractivity contribution in [3.63, 3.8) is 0 Å². The molecule has 1 aromatic heterocycles. The fraction of sp³-hybridized carbons (Fsp3) is 0.267. The van der Waals surface area contributed by atoms with Crippen LogP contribution in [0.5, 0.6) is 0 Å². The van der Waals surface area contributed by atoms with Gasteiger partial charge < -0.3 is 9.73 Å². The Kier molecular flexibility index (Phi) is 3.93. The van der Waals surface area contributed by atoms with E-state index in [1.165, 1.54) is 54.1 Å². The van der Waals surface area contributed by atoms with Crippen molar-refractivity contribution in [3.8, 4) is 0 Å². The second kappa shape index (κ2) is 6.87. The molecule has 1 spiro atoms. The highest BCUT2D eigenvalue weighted by atomic mass is 16.3. The standard InChI is InChI=1S/C30H27NO/c1-6-17-30(18-7-1)24-11-4-2-10-23(24)29-25(30)12-8-13-26(29)31-20-15-16-22-21-9-3-5-14-27(21)32-28(22)19-20/h3-5,8-9,11-16,19,31H,1-2,6-7,10,17-18H2. The van der Waals surface area contributed by atoms with Gasteiger partial charge in [0.15, 0.2) is 0 Å². The maximum atomic E-state index is 6.14. The van der Waals surface area contributed by atoms with Gasteiger partial charge in [-0.1, -0.05) is 61.7 Å². The lowest BCUT2D eigenvalue weighted by molar-refractivity contribution is 0.350. The molecular formula is C30H27NO. The summed E-state index contributed by atoms with van der Waals surface area (Å²) in [5.41, 5.74) is 10.7. The van der Waals surface area contributed by atoms with Gasteiger partial charge in [-0.2, -0.15) is 0 Å². The third kappa shape index (κ3) is 2.53. The summed E-state index contributed by atoms with van der Waals surface area (Å²) in [6.07, 6.45) is 13.8. The molecule has 0 radical (unpaired) electrons. The molecule has 0 atom stereocenters. The Morgan fingerprint density at radius 3 is 2.62 bits per heavy atom. The zero-order valence-corrected chi connectivity index (χ0v) is 18.3. The van der Waals surface area contributed by atoms with Gasteiger partial charge >= 0.3 is 0 Å². The van der Waals surface area contributed by atoms with Gasteiger partial charge in [-0.25, -0.2) is 0 Å². The number of anilines is 2. The molecule has 3 aromatic carbocycles. The Labute approximate surface area is 188 Å². The van der Waals surface area contributed by atoms with Gasteiger partial charge in [-0.3, -0.25) is 0 Å². The Hall–Kier alpha value is -3.26. The monoisotopic (exact) mass is 417 g/mol. The van der Waals surface area contributed by atoms with Crippen LogP contribution in [0.3, 0.4) is 0 Å². The molecule has 0 bridgehead atoms. The molecule has 32 heavy (non-hydrogen) atoms. The van der Waals surface area contributed by atoms with E-state index in [1.807, 2.05) is 12.1 Å². The van der Waals surface area contributed by atoms with Gasteiger partial charge in [0.1, 0.15) is 11.2 Å². The van der Waals surface area contributed by atoms with Crippen LogP contribution in [0.2, 0.25) is 0 Å². The minimum absolute atomic E-state index is 0.236. The molecule has 158 valence electrons. The largest absolute Gasteiger partial charge is 0.456 e. The number of nitrogens with one attached hydrogen (secondary N) is 1. The maximum absolute atomic E-state index is 6.14. The first-order valence-electron chi connectivity index (χ1n) is 12.1. The van der Waals surface area contributed by atoms with Crippen LogP contribution in [0.1, 0.15) is 56.1 Å². The Balaban J connectivity index is 1.35. The predicted molar refractivity (Wildman–Crippen MR) is 134 cm³/mol. The van der Waals surface area contributed by atoms with Crippen LogP contribution in [0.15, 0.2) is 82.8 Å². The zero-order valence-electron chi connectivity index (χ0n) is 18.3. The van der Waals surface area contributed by atoms with E-state index in [0.29, 0.717) is 0 Å². The van der Waals surface area contributed by atoms with Crippen molar-refractivity contribution in [1.82, 2.24) is 0 Å². The lowest BCUT2D eigenvalue weighted by Crippen LogP contribution is -2.29. The van der Waals surface area contributed by atoms with E-state index in [0.717, 1.165) is 29.7 Å². The molecule has 1 heterocycles. The number of allylic oxidation sites excluding steroid dienone is 4. The molecule has 0 unspecified atom stereocenters. The third-order valence-corrected chi connectivity index (χ3v) is 7.93. The van der Waals surface area contributed by atoms with Crippen LogP contribution in [-0.4, -0.2) is 0 Å². The van der Waals surface area contributed by atoms with Crippen LogP contribution in [-0.2, 0) is 5.41 Å². The highest BCUT2D eigenvalue weighted by Crippen LogP contribution is 2.58. The highest BCUT2D eigenvalue weighted by Gasteiger charge is 2.45. The minimum atomic E-state index is 0.236. The molecular weight excluding hydrogens is 390 g/mol. The molecule has 2 nitrogen and oxygen atoms in total. The molecule has 3 aliphatic rings. The van der Waals surface area contributed by atoms with Crippen molar-refractivity contribution in [2.24, 2.45) is 0 Å². The third-order valence-electron chi connectivity index (χ3n) is 7.93. The molecule has 0 amide bonds. The number of para-hydroxylation sites is 1. The first-order chi connectivity index (χ1) is 15.8. The quantitative estimate of drug-likeness (QED) is 0.353. The molecule has 4 aromatic rings. The van der Waals surface area contributed by atoms with Crippen molar-refractivity contribution in [1.29, 1.82) is 0 Å². The average Bonchev–Trinajstić information content (AvgIpc) is 3.34. The molecule has 0 saturated heterocycles.